The Morgan fingerprint density at radius 2 is 2.06 bits per heavy atom. The van der Waals surface area contributed by atoms with Gasteiger partial charge in [-0.25, -0.2) is 0 Å². The molecule has 0 saturated carbocycles. The molecule has 0 spiro atoms. The van der Waals surface area contributed by atoms with Gasteiger partial charge >= 0.3 is 5.97 Å². The largest absolute Gasteiger partial charge is 0.481 e. The van der Waals surface area contributed by atoms with E-state index in [9.17, 15) is 4.79 Å². The fourth-order valence-electron chi connectivity index (χ4n) is 2.16. The molecule has 0 fully saturated rings. The summed E-state index contributed by atoms with van der Waals surface area (Å²) in [6.07, 6.45) is 4.85. The van der Waals surface area contributed by atoms with Crippen molar-refractivity contribution in [2.75, 3.05) is 13.1 Å². The van der Waals surface area contributed by atoms with Gasteiger partial charge in [0.1, 0.15) is 0 Å². The molecule has 0 aliphatic heterocycles. The summed E-state index contributed by atoms with van der Waals surface area (Å²) in [5.74, 6) is -0.829. The van der Waals surface area contributed by atoms with E-state index in [0.717, 1.165) is 13.1 Å². The molecule has 0 bridgehead atoms. The monoisotopic (exact) mass is 237 g/mol. The van der Waals surface area contributed by atoms with Crippen molar-refractivity contribution >= 4 is 5.97 Å². The Hall–Kier alpha value is -1.49. The van der Waals surface area contributed by atoms with Crippen LogP contribution in [0.2, 0.25) is 0 Å². The Labute approximate surface area is 102 Å². The van der Waals surface area contributed by atoms with Gasteiger partial charge in [0.05, 0.1) is 23.9 Å². The maximum atomic E-state index is 11.0. The van der Waals surface area contributed by atoms with Gasteiger partial charge in [-0.3, -0.25) is 19.7 Å². The smallest absolute Gasteiger partial charge is 0.305 e. The molecule has 0 aliphatic rings. The van der Waals surface area contributed by atoms with E-state index in [1.807, 2.05) is 20.8 Å². The number of carbonyl (C=O) groups is 1. The highest BCUT2D eigenvalue weighted by Crippen LogP contribution is 2.29. The van der Waals surface area contributed by atoms with Crippen molar-refractivity contribution < 1.29 is 9.90 Å². The third-order valence-corrected chi connectivity index (χ3v) is 3.07. The minimum Gasteiger partial charge on any atom is -0.481 e. The second-order valence-electron chi connectivity index (χ2n) is 4.11. The molecule has 5 nitrogen and oxygen atoms in total. The van der Waals surface area contributed by atoms with Crippen LogP contribution in [0.3, 0.4) is 0 Å². The molecular formula is C12H19N3O2. The van der Waals surface area contributed by atoms with Crippen molar-refractivity contribution in [3.63, 3.8) is 0 Å². The quantitative estimate of drug-likeness (QED) is 0.812. The Balaban J connectivity index is 3.13. The van der Waals surface area contributed by atoms with Crippen LogP contribution < -0.4 is 0 Å². The molecule has 1 unspecified atom stereocenters. The summed E-state index contributed by atoms with van der Waals surface area (Å²) in [6, 6.07) is 0. The predicted octanol–water partition coefficient (Wildman–Crippen LogP) is 1.51. The summed E-state index contributed by atoms with van der Waals surface area (Å²) in [5, 5.41) is 9.08. The van der Waals surface area contributed by atoms with E-state index in [1.54, 1.807) is 18.6 Å². The molecule has 1 aromatic heterocycles. The SMILES string of the molecule is CCN(CC)C(C)(CC(=O)O)c1cnccn1. The first-order valence-electron chi connectivity index (χ1n) is 5.78. The highest BCUT2D eigenvalue weighted by atomic mass is 16.4. The van der Waals surface area contributed by atoms with Crippen LogP contribution in [0.25, 0.3) is 0 Å². The third-order valence-electron chi connectivity index (χ3n) is 3.07. The molecule has 0 radical (unpaired) electrons. The van der Waals surface area contributed by atoms with E-state index in [0.29, 0.717) is 5.69 Å². The fraction of sp³-hybridized carbons (Fsp3) is 0.583. The van der Waals surface area contributed by atoms with Crippen LogP contribution in [0.4, 0.5) is 0 Å². The van der Waals surface area contributed by atoms with Crippen molar-refractivity contribution in [1.82, 2.24) is 14.9 Å². The van der Waals surface area contributed by atoms with Gasteiger partial charge in [0.2, 0.25) is 0 Å². The minimum absolute atomic E-state index is 0.0212. The standard InChI is InChI=1S/C12H19N3O2/c1-4-15(5-2)12(3,8-11(16)17)10-9-13-6-7-14-10/h6-7,9H,4-5,8H2,1-3H3,(H,16,17). The number of nitrogens with zero attached hydrogens (tertiary/aromatic N) is 3. The molecule has 0 amide bonds. The predicted molar refractivity (Wildman–Crippen MR) is 64.6 cm³/mol. The van der Waals surface area contributed by atoms with Gasteiger partial charge in [-0.2, -0.15) is 0 Å². The number of aromatic nitrogens is 2. The highest BCUT2D eigenvalue weighted by molar-refractivity contribution is 5.68. The second kappa shape index (κ2) is 5.72. The van der Waals surface area contributed by atoms with E-state index in [-0.39, 0.29) is 6.42 Å². The molecule has 17 heavy (non-hydrogen) atoms. The lowest BCUT2D eigenvalue weighted by Gasteiger charge is -2.38. The zero-order valence-electron chi connectivity index (χ0n) is 10.6. The molecule has 0 aromatic carbocycles. The van der Waals surface area contributed by atoms with Crippen LogP contribution in [0, 0.1) is 0 Å². The van der Waals surface area contributed by atoms with Crippen molar-refractivity contribution in [2.24, 2.45) is 0 Å². The van der Waals surface area contributed by atoms with Gasteiger partial charge < -0.3 is 5.11 Å². The number of hydrogen-bond donors (Lipinski definition) is 1. The van der Waals surface area contributed by atoms with E-state index in [4.69, 9.17) is 5.11 Å². The first-order chi connectivity index (χ1) is 8.04. The number of carboxylic acids is 1. The van der Waals surface area contributed by atoms with Crippen molar-refractivity contribution in [2.45, 2.75) is 32.7 Å². The van der Waals surface area contributed by atoms with Crippen LogP contribution in [0.15, 0.2) is 18.6 Å². The number of hydrogen-bond acceptors (Lipinski definition) is 4. The van der Waals surface area contributed by atoms with Crippen molar-refractivity contribution in [3.05, 3.63) is 24.3 Å². The molecule has 0 aliphatic carbocycles. The van der Waals surface area contributed by atoms with Gasteiger partial charge in [0, 0.05) is 12.4 Å². The Bertz CT molecular complexity index is 365. The lowest BCUT2D eigenvalue weighted by Crippen LogP contribution is -2.45. The van der Waals surface area contributed by atoms with Crippen molar-refractivity contribution in [3.8, 4) is 0 Å². The maximum Gasteiger partial charge on any atom is 0.305 e. The first kappa shape index (κ1) is 13.6. The van der Waals surface area contributed by atoms with Gasteiger partial charge in [0.25, 0.3) is 0 Å². The molecule has 0 saturated heterocycles. The number of carboxylic acid groups (broad SMARTS) is 1. The van der Waals surface area contributed by atoms with E-state index < -0.39 is 11.5 Å². The summed E-state index contributed by atoms with van der Waals surface area (Å²) in [6.45, 7) is 7.48. The molecule has 1 rings (SSSR count). The molecule has 94 valence electrons. The molecule has 1 aromatic rings. The Kier molecular flexibility index (Phi) is 4.57. The maximum absolute atomic E-state index is 11.0. The average Bonchev–Trinajstić information content (AvgIpc) is 2.30. The normalized spacial score (nSPS) is 14.6. The van der Waals surface area contributed by atoms with Gasteiger partial charge in [-0.1, -0.05) is 13.8 Å². The van der Waals surface area contributed by atoms with Crippen LogP contribution in [-0.2, 0) is 10.3 Å². The first-order valence-corrected chi connectivity index (χ1v) is 5.78. The lowest BCUT2D eigenvalue weighted by atomic mass is 9.91. The minimum atomic E-state index is -0.829. The molecule has 5 heteroatoms. The molecule has 1 heterocycles. The van der Waals surface area contributed by atoms with Crippen molar-refractivity contribution in [1.29, 1.82) is 0 Å². The van der Waals surface area contributed by atoms with Gasteiger partial charge in [-0.15, -0.1) is 0 Å². The van der Waals surface area contributed by atoms with E-state index >= 15 is 0 Å². The number of rotatable bonds is 6. The third kappa shape index (κ3) is 3.00. The zero-order chi connectivity index (χ0) is 12.9. The topological polar surface area (TPSA) is 66.3 Å². The summed E-state index contributed by atoms with van der Waals surface area (Å²) in [7, 11) is 0. The number of aliphatic carboxylic acids is 1. The van der Waals surface area contributed by atoms with Gasteiger partial charge in [-0.05, 0) is 20.0 Å². The summed E-state index contributed by atoms with van der Waals surface area (Å²) < 4.78 is 0. The fourth-order valence-corrected chi connectivity index (χ4v) is 2.16. The van der Waals surface area contributed by atoms with Crippen LogP contribution in [0.5, 0.6) is 0 Å². The molecule has 1 N–H and O–H groups in total. The Morgan fingerprint density at radius 1 is 1.41 bits per heavy atom. The molecule has 1 atom stereocenters. The second-order valence-corrected chi connectivity index (χ2v) is 4.11. The summed E-state index contributed by atoms with van der Waals surface area (Å²) in [5.41, 5.74) is 0.0925. The highest BCUT2D eigenvalue weighted by Gasteiger charge is 2.36. The van der Waals surface area contributed by atoms with Crippen LogP contribution in [-0.4, -0.2) is 39.0 Å². The van der Waals surface area contributed by atoms with E-state index in [1.165, 1.54) is 0 Å². The lowest BCUT2D eigenvalue weighted by molar-refractivity contribution is -0.140. The van der Waals surface area contributed by atoms with E-state index in [2.05, 4.69) is 14.9 Å². The summed E-state index contributed by atoms with van der Waals surface area (Å²) >= 11 is 0. The van der Waals surface area contributed by atoms with Crippen LogP contribution in [0.1, 0.15) is 32.9 Å². The van der Waals surface area contributed by atoms with Crippen LogP contribution >= 0.6 is 0 Å². The van der Waals surface area contributed by atoms with Gasteiger partial charge in [0.15, 0.2) is 0 Å². The average molecular weight is 237 g/mol. The summed E-state index contributed by atoms with van der Waals surface area (Å²) in [4.78, 5) is 21.4. The molecular weight excluding hydrogens is 218 g/mol. The Morgan fingerprint density at radius 3 is 2.47 bits per heavy atom. The zero-order valence-corrected chi connectivity index (χ0v) is 10.6.